The average Bonchev–Trinajstić information content (AvgIpc) is 2.40. The molecule has 1 aromatic rings. The smallest absolute Gasteiger partial charge is 0.251 e. The van der Waals surface area contributed by atoms with Crippen molar-refractivity contribution in [2.45, 2.75) is 12.2 Å². The summed E-state index contributed by atoms with van der Waals surface area (Å²) in [4.78, 5) is 12.0. The fourth-order valence-electron chi connectivity index (χ4n) is 1.75. The summed E-state index contributed by atoms with van der Waals surface area (Å²) in [5.41, 5.74) is 1.83. The van der Waals surface area contributed by atoms with Gasteiger partial charge in [-0.1, -0.05) is 15.9 Å². The van der Waals surface area contributed by atoms with Crippen molar-refractivity contribution >= 4 is 45.4 Å². The fraction of sp³-hybridized carbons (Fsp3) is 0.462. The van der Waals surface area contributed by atoms with Gasteiger partial charge in [-0.2, -0.15) is 23.5 Å². The molecule has 1 atom stereocenters. The standard InChI is InChI=1S/C13H16BrNOS2/c1-9-6-10(2-3-12(9)14)13(16)15-7-11-8-17-4-5-18-11/h2-3,6,11H,4-5,7-8H2,1H3,(H,15,16). The van der Waals surface area contributed by atoms with Crippen LogP contribution in [0.1, 0.15) is 15.9 Å². The molecule has 1 unspecified atom stereocenters. The predicted molar refractivity (Wildman–Crippen MR) is 84.8 cm³/mol. The Morgan fingerprint density at radius 1 is 1.50 bits per heavy atom. The Bertz CT molecular complexity index is 433. The van der Waals surface area contributed by atoms with E-state index in [9.17, 15) is 4.79 Å². The van der Waals surface area contributed by atoms with Crippen LogP contribution in [0.25, 0.3) is 0 Å². The van der Waals surface area contributed by atoms with Crippen molar-refractivity contribution in [2.75, 3.05) is 23.8 Å². The van der Waals surface area contributed by atoms with E-state index in [0.717, 1.165) is 27.9 Å². The normalized spacial score (nSPS) is 19.6. The van der Waals surface area contributed by atoms with Gasteiger partial charge in [0.25, 0.3) is 5.91 Å². The molecule has 1 heterocycles. The van der Waals surface area contributed by atoms with Crippen molar-refractivity contribution < 1.29 is 4.79 Å². The Balaban J connectivity index is 1.88. The summed E-state index contributed by atoms with van der Waals surface area (Å²) >= 11 is 7.38. The summed E-state index contributed by atoms with van der Waals surface area (Å²) in [6.07, 6.45) is 0. The van der Waals surface area contributed by atoms with E-state index in [2.05, 4.69) is 21.2 Å². The summed E-state index contributed by atoms with van der Waals surface area (Å²) in [5.74, 6) is 3.61. The zero-order valence-electron chi connectivity index (χ0n) is 10.2. The first-order chi connectivity index (χ1) is 8.66. The molecule has 1 amide bonds. The quantitative estimate of drug-likeness (QED) is 0.910. The molecule has 1 aliphatic heterocycles. The topological polar surface area (TPSA) is 29.1 Å². The molecule has 2 nitrogen and oxygen atoms in total. The van der Waals surface area contributed by atoms with E-state index in [0.29, 0.717) is 5.25 Å². The van der Waals surface area contributed by atoms with Gasteiger partial charge < -0.3 is 5.32 Å². The van der Waals surface area contributed by atoms with Gasteiger partial charge in [0.2, 0.25) is 0 Å². The lowest BCUT2D eigenvalue weighted by atomic mass is 10.1. The molecule has 2 rings (SSSR count). The first-order valence-electron chi connectivity index (χ1n) is 5.90. The monoisotopic (exact) mass is 345 g/mol. The minimum Gasteiger partial charge on any atom is -0.351 e. The van der Waals surface area contributed by atoms with Crippen LogP contribution in [0.3, 0.4) is 0 Å². The van der Waals surface area contributed by atoms with Crippen molar-refractivity contribution in [1.82, 2.24) is 5.32 Å². The van der Waals surface area contributed by atoms with Gasteiger partial charge in [0.15, 0.2) is 0 Å². The van der Waals surface area contributed by atoms with E-state index in [1.165, 1.54) is 11.5 Å². The molecule has 0 bridgehead atoms. The van der Waals surface area contributed by atoms with E-state index in [-0.39, 0.29) is 5.91 Å². The third kappa shape index (κ3) is 3.93. The minimum atomic E-state index is 0.0294. The molecule has 1 N–H and O–H groups in total. The highest BCUT2D eigenvalue weighted by Crippen LogP contribution is 2.23. The van der Waals surface area contributed by atoms with Crippen LogP contribution in [-0.4, -0.2) is 35.0 Å². The molecule has 0 saturated carbocycles. The van der Waals surface area contributed by atoms with E-state index in [1.54, 1.807) is 0 Å². The van der Waals surface area contributed by atoms with Crippen LogP contribution in [0.2, 0.25) is 0 Å². The first kappa shape index (κ1) is 14.3. The number of benzene rings is 1. The van der Waals surface area contributed by atoms with Gasteiger partial charge in [-0.3, -0.25) is 4.79 Å². The Morgan fingerprint density at radius 2 is 2.33 bits per heavy atom. The Hall–Kier alpha value is -0.130. The molecule has 5 heteroatoms. The zero-order valence-corrected chi connectivity index (χ0v) is 13.5. The van der Waals surface area contributed by atoms with E-state index in [4.69, 9.17) is 0 Å². The maximum absolute atomic E-state index is 12.0. The van der Waals surface area contributed by atoms with Gasteiger partial charge in [0.1, 0.15) is 0 Å². The summed E-state index contributed by atoms with van der Waals surface area (Å²) in [5, 5.41) is 3.59. The molecule has 0 spiro atoms. The lowest BCUT2D eigenvalue weighted by Gasteiger charge is -2.21. The maximum atomic E-state index is 12.0. The molecule has 1 aromatic carbocycles. The van der Waals surface area contributed by atoms with Crippen LogP contribution in [0.5, 0.6) is 0 Å². The number of hydrogen-bond acceptors (Lipinski definition) is 3. The number of carbonyl (C=O) groups is 1. The molecule has 18 heavy (non-hydrogen) atoms. The Morgan fingerprint density at radius 3 is 3.00 bits per heavy atom. The molecule has 1 aliphatic rings. The second kappa shape index (κ2) is 6.87. The minimum absolute atomic E-state index is 0.0294. The molecule has 0 radical (unpaired) electrons. The lowest BCUT2D eigenvalue weighted by Crippen LogP contribution is -2.33. The molecule has 1 fully saturated rings. The number of rotatable bonds is 3. The number of aryl methyl sites for hydroxylation is 1. The van der Waals surface area contributed by atoms with Gasteiger partial charge in [0.05, 0.1) is 0 Å². The summed E-state index contributed by atoms with van der Waals surface area (Å²) < 4.78 is 1.04. The van der Waals surface area contributed by atoms with Crippen molar-refractivity contribution in [3.8, 4) is 0 Å². The fourth-order valence-corrected chi connectivity index (χ4v) is 4.61. The Labute approximate surface area is 125 Å². The van der Waals surface area contributed by atoms with E-state index >= 15 is 0 Å². The van der Waals surface area contributed by atoms with Crippen LogP contribution in [0.15, 0.2) is 22.7 Å². The first-order valence-corrected chi connectivity index (χ1v) is 8.90. The second-order valence-corrected chi connectivity index (χ2v) is 7.65. The van der Waals surface area contributed by atoms with Crippen LogP contribution in [-0.2, 0) is 0 Å². The number of halogens is 1. The average molecular weight is 346 g/mol. The highest BCUT2D eigenvalue weighted by molar-refractivity contribution is 9.10. The lowest BCUT2D eigenvalue weighted by molar-refractivity contribution is 0.0954. The molecule has 0 aromatic heterocycles. The molecular formula is C13H16BrNOS2. The van der Waals surface area contributed by atoms with Crippen molar-refractivity contribution in [1.29, 1.82) is 0 Å². The third-order valence-corrected chi connectivity index (χ3v) is 6.53. The molecular weight excluding hydrogens is 330 g/mol. The molecule has 0 aliphatic carbocycles. The highest BCUT2D eigenvalue weighted by Gasteiger charge is 2.15. The van der Waals surface area contributed by atoms with Crippen LogP contribution >= 0.6 is 39.5 Å². The van der Waals surface area contributed by atoms with Gasteiger partial charge in [0, 0.05) is 39.1 Å². The summed E-state index contributed by atoms with van der Waals surface area (Å²) in [6.45, 7) is 2.76. The van der Waals surface area contributed by atoms with E-state index < -0.39 is 0 Å². The number of hydrogen-bond donors (Lipinski definition) is 1. The largest absolute Gasteiger partial charge is 0.351 e. The van der Waals surface area contributed by atoms with Crippen LogP contribution in [0, 0.1) is 6.92 Å². The molecule has 98 valence electrons. The van der Waals surface area contributed by atoms with Crippen LogP contribution in [0.4, 0.5) is 0 Å². The zero-order chi connectivity index (χ0) is 13.0. The van der Waals surface area contributed by atoms with Gasteiger partial charge >= 0.3 is 0 Å². The Kier molecular flexibility index (Phi) is 5.45. The maximum Gasteiger partial charge on any atom is 0.251 e. The van der Waals surface area contributed by atoms with Gasteiger partial charge in [-0.15, -0.1) is 0 Å². The second-order valence-electron chi connectivity index (χ2n) is 4.24. The number of thioether (sulfide) groups is 2. The predicted octanol–water partition coefficient (Wildman–Crippen LogP) is 3.34. The third-order valence-electron chi connectivity index (χ3n) is 2.80. The number of nitrogens with one attached hydrogen (secondary N) is 1. The van der Waals surface area contributed by atoms with Gasteiger partial charge in [-0.05, 0) is 30.7 Å². The summed E-state index contributed by atoms with van der Waals surface area (Å²) in [7, 11) is 0. The summed E-state index contributed by atoms with van der Waals surface area (Å²) in [6, 6.07) is 5.70. The van der Waals surface area contributed by atoms with Gasteiger partial charge in [-0.25, -0.2) is 0 Å². The number of carbonyl (C=O) groups excluding carboxylic acids is 1. The van der Waals surface area contributed by atoms with Crippen molar-refractivity contribution in [2.24, 2.45) is 0 Å². The van der Waals surface area contributed by atoms with Crippen LogP contribution < -0.4 is 5.32 Å². The van der Waals surface area contributed by atoms with Crippen molar-refractivity contribution in [3.63, 3.8) is 0 Å². The number of amides is 1. The molecule has 1 saturated heterocycles. The van der Waals surface area contributed by atoms with Crippen molar-refractivity contribution in [3.05, 3.63) is 33.8 Å². The highest BCUT2D eigenvalue weighted by atomic mass is 79.9. The SMILES string of the molecule is Cc1cc(C(=O)NCC2CSCCS2)ccc1Br. The van der Waals surface area contributed by atoms with E-state index in [1.807, 2.05) is 48.6 Å².